The van der Waals surface area contributed by atoms with Crippen molar-refractivity contribution in [2.24, 2.45) is 5.73 Å². The van der Waals surface area contributed by atoms with Gasteiger partial charge in [-0.2, -0.15) is 0 Å². The fraction of sp³-hybridized carbons (Fsp3) is 0. The van der Waals surface area contributed by atoms with Crippen LogP contribution in [0.2, 0.25) is 0 Å². The standard InChI is InChI=1S/C7H12N6O2/c8-1-2(9)4(11)6(15-7(13)14)5(12)3(1)10/h8-12H2,(H2,13,14). The van der Waals surface area contributed by atoms with Crippen molar-refractivity contribution in [3.63, 3.8) is 0 Å². The highest BCUT2D eigenvalue weighted by atomic mass is 16.5. The molecular weight excluding hydrogens is 200 g/mol. The number of carbonyl (C=O) groups is 1. The van der Waals surface area contributed by atoms with Crippen molar-refractivity contribution in [1.29, 1.82) is 0 Å². The summed E-state index contributed by atoms with van der Waals surface area (Å²) in [6.07, 6.45) is -1.07. The first kappa shape index (κ1) is 10.6. The average Bonchev–Trinajstić information content (AvgIpc) is 2.18. The summed E-state index contributed by atoms with van der Waals surface area (Å²) in [7, 11) is 0. The SMILES string of the molecule is NC(=O)Oc1c(N)c(N)c(N)c(N)c1N. The average molecular weight is 212 g/mol. The van der Waals surface area contributed by atoms with Gasteiger partial charge in [-0.15, -0.1) is 0 Å². The largest absolute Gasteiger partial charge is 0.410 e. The van der Waals surface area contributed by atoms with Gasteiger partial charge in [0, 0.05) is 0 Å². The van der Waals surface area contributed by atoms with E-state index in [2.05, 4.69) is 4.74 Å². The summed E-state index contributed by atoms with van der Waals surface area (Å²) in [5.74, 6) is -0.174. The molecule has 15 heavy (non-hydrogen) atoms. The highest BCUT2D eigenvalue weighted by Gasteiger charge is 2.18. The lowest BCUT2D eigenvalue weighted by Gasteiger charge is -2.15. The predicted molar refractivity (Wildman–Crippen MR) is 58.7 cm³/mol. The third-order valence-electron chi connectivity index (χ3n) is 1.85. The number of hydrogen-bond donors (Lipinski definition) is 6. The Kier molecular flexibility index (Phi) is 2.35. The van der Waals surface area contributed by atoms with Crippen LogP contribution in [0.1, 0.15) is 0 Å². The van der Waals surface area contributed by atoms with Crippen molar-refractivity contribution < 1.29 is 9.53 Å². The van der Waals surface area contributed by atoms with E-state index in [1.54, 1.807) is 0 Å². The van der Waals surface area contributed by atoms with Gasteiger partial charge >= 0.3 is 6.09 Å². The van der Waals surface area contributed by atoms with Gasteiger partial charge in [0.05, 0.1) is 17.1 Å². The molecule has 0 aliphatic rings. The fourth-order valence-corrected chi connectivity index (χ4v) is 1.04. The van der Waals surface area contributed by atoms with E-state index in [1.165, 1.54) is 0 Å². The van der Waals surface area contributed by atoms with Crippen molar-refractivity contribution in [3.8, 4) is 5.75 Å². The van der Waals surface area contributed by atoms with Crippen LogP contribution in [0.25, 0.3) is 0 Å². The zero-order valence-electron chi connectivity index (χ0n) is 7.78. The van der Waals surface area contributed by atoms with Gasteiger partial charge in [0.2, 0.25) is 0 Å². The highest BCUT2D eigenvalue weighted by molar-refractivity contribution is 5.99. The summed E-state index contributed by atoms with van der Waals surface area (Å²) in [4.78, 5) is 10.6. The number of primary amides is 1. The van der Waals surface area contributed by atoms with Gasteiger partial charge in [0.25, 0.3) is 0 Å². The minimum atomic E-state index is -1.07. The van der Waals surface area contributed by atoms with Crippen molar-refractivity contribution in [1.82, 2.24) is 0 Å². The molecule has 0 saturated carbocycles. The molecule has 1 amide bonds. The first-order chi connectivity index (χ1) is 6.86. The molecule has 0 spiro atoms. The minimum absolute atomic E-state index is 0.00190. The number of hydrogen-bond acceptors (Lipinski definition) is 7. The number of amides is 1. The van der Waals surface area contributed by atoms with Crippen molar-refractivity contribution in [3.05, 3.63) is 0 Å². The van der Waals surface area contributed by atoms with Crippen molar-refractivity contribution >= 4 is 34.5 Å². The highest BCUT2D eigenvalue weighted by Crippen LogP contribution is 2.43. The van der Waals surface area contributed by atoms with Gasteiger partial charge in [-0.25, -0.2) is 4.79 Å². The second kappa shape index (κ2) is 3.33. The van der Waals surface area contributed by atoms with Crippen LogP contribution in [0.5, 0.6) is 5.75 Å². The van der Waals surface area contributed by atoms with Crippen molar-refractivity contribution in [2.75, 3.05) is 28.7 Å². The topological polar surface area (TPSA) is 182 Å². The van der Waals surface area contributed by atoms with Crippen LogP contribution in [0.3, 0.4) is 0 Å². The van der Waals surface area contributed by atoms with E-state index in [9.17, 15) is 4.79 Å². The quantitative estimate of drug-likeness (QED) is 0.324. The maximum Gasteiger partial charge on any atom is 0.410 e. The van der Waals surface area contributed by atoms with Gasteiger partial charge in [-0.05, 0) is 0 Å². The molecule has 1 rings (SSSR count). The maximum absolute atomic E-state index is 10.6. The van der Waals surface area contributed by atoms with E-state index in [-0.39, 0.29) is 34.2 Å². The summed E-state index contributed by atoms with van der Waals surface area (Å²) >= 11 is 0. The molecule has 0 atom stereocenters. The Balaban J connectivity index is 3.45. The normalized spacial score (nSPS) is 9.87. The molecule has 1 aromatic rings. The van der Waals surface area contributed by atoms with Crippen LogP contribution < -0.4 is 39.1 Å². The molecule has 0 unspecified atom stereocenters. The zero-order valence-corrected chi connectivity index (χ0v) is 7.78. The fourth-order valence-electron chi connectivity index (χ4n) is 1.04. The monoisotopic (exact) mass is 212 g/mol. The van der Waals surface area contributed by atoms with Crippen LogP contribution in [0.15, 0.2) is 0 Å². The van der Waals surface area contributed by atoms with E-state index < -0.39 is 6.09 Å². The van der Waals surface area contributed by atoms with Gasteiger partial charge < -0.3 is 39.1 Å². The number of nitrogen functional groups attached to an aromatic ring is 5. The molecule has 0 radical (unpaired) electrons. The summed E-state index contributed by atoms with van der Waals surface area (Å²) in [5.41, 5.74) is 32.3. The number of ether oxygens (including phenoxy) is 1. The lowest BCUT2D eigenvalue weighted by Crippen LogP contribution is -2.19. The third-order valence-corrected chi connectivity index (χ3v) is 1.85. The smallest absolute Gasteiger partial charge is 0.406 e. The van der Waals surface area contributed by atoms with E-state index in [4.69, 9.17) is 34.4 Å². The summed E-state index contributed by atoms with van der Waals surface area (Å²) < 4.78 is 4.57. The molecule has 8 heteroatoms. The molecule has 82 valence electrons. The molecule has 0 saturated heterocycles. The number of rotatable bonds is 1. The molecule has 0 heterocycles. The lowest BCUT2D eigenvalue weighted by atomic mass is 10.1. The Morgan fingerprint density at radius 1 is 0.800 bits per heavy atom. The predicted octanol–water partition coefficient (Wildman–Crippen LogP) is -0.945. The van der Waals surface area contributed by atoms with Crippen LogP contribution >= 0.6 is 0 Å². The van der Waals surface area contributed by atoms with Crippen LogP contribution in [-0.4, -0.2) is 6.09 Å². The molecule has 0 fully saturated rings. The van der Waals surface area contributed by atoms with Gasteiger partial charge in [0.1, 0.15) is 11.4 Å². The van der Waals surface area contributed by atoms with Gasteiger partial charge in [-0.3, -0.25) is 0 Å². The van der Waals surface area contributed by atoms with E-state index in [0.29, 0.717) is 0 Å². The van der Waals surface area contributed by atoms with Crippen molar-refractivity contribution in [2.45, 2.75) is 0 Å². The second-order valence-corrected chi connectivity index (χ2v) is 2.82. The lowest BCUT2D eigenvalue weighted by molar-refractivity contribution is 0.211. The Labute approximate surface area is 85.1 Å². The molecule has 1 aromatic carbocycles. The van der Waals surface area contributed by atoms with Gasteiger partial charge in [-0.1, -0.05) is 0 Å². The molecule has 0 aromatic heterocycles. The first-order valence-corrected chi connectivity index (χ1v) is 3.84. The summed E-state index contributed by atoms with van der Waals surface area (Å²) in [6.45, 7) is 0. The molecule has 0 bridgehead atoms. The minimum Gasteiger partial charge on any atom is -0.406 e. The Morgan fingerprint density at radius 2 is 1.13 bits per heavy atom. The first-order valence-electron chi connectivity index (χ1n) is 3.84. The Hall–Kier alpha value is -2.51. The Morgan fingerprint density at radius 3 is 1.47 bits per heavy atom. The maximum atomic E-state index is 10.6. The number of anilines is 5. The number of benzene rings is 1. The molecule has 0 aliphatic carbocycles. The molecular formula is C7H12N6O2. The van der Waals surface area contributed by atoms with E-state index in [1.807, 2.05) is 0 Å². The van der Waals surface area contributed by atoms with E-state index >= 15 is 0 Å². The zero-order chi connectivity index (χ0) is 11.7. The number of nitrogens with two attached hydrogens (primary N) is 6. The summed E-state index contributed by atoms with van der Waals surface area (Å²) in [5, 5.41) is 0. The molecule has 0 aliphatic heterocycles. The number of carbonyl (C=O) groups excluding carboxylic acids is 1. The van der Waals surface area contributed by atoms with Crippen LogP contribution in [0, 0.1) is 0 Å². The van der Waals surface area contributed by atoms with Crippen LogP contribution in [-0.2, 0) is 0 Å². The second-order valence-electron chi connectivity index (χ2n) is 2.82. The van der Waals surface area contributed by atoms with E-state index in [0.717, 1.165) is 0 Å². The summed E-state index contributed by atoms with van der Waals surface area (Å²) in [6, 6.07) is 0. The third kappa shape index (κ3) is 1.59. The molecule has 8 nitrogen and oxygen atoms in total. The molecule has 12 N–H and O–H groups in total. The Bertz CT molecular complexity index is 401. The van der Waals surface area contributed by atoms with Crippen LogP contribution in [0.4, 0.5) is 33.2 Å². The van der Waals surface area contributed by atoms with Gasteiger partial charge in [0.15, 0.2) is 5.75 Å².